The molecule has 0 bridgehead atoms. The van der Waals surface area contributed by atoms with E-state index >= 15 is 0 Å². The second-order valence-corrected chi connectivity index (χ2v) is 6.47. The Kier molecular flexibility index (Phi) is 4.07. The molecule has 0 unspecified atom stereocenters. The Morgan fingerprint density at radius 2 is 1.84 bits per heavy atom. The average molecular weight is 307 g/mol. The van der Waals surface area contributed by atoms with Crippen molar-refractivity contribution in [3.63, 3.8) is 0 Å². The number of hydrogen-bond acceptors (Lipinski definition) is 3. The van der Waals surface area contributed by atoms with E-state index in [4.69, 9.17) is 11.6 Å². The second-order valence-electron chi connectivity index (χ2n) is 4.12. The lowest BCUT2D eigenvalue weighted by atomic mass is 10.3. The Labute approximate surface area is 115 Å². The number of sulfonamides is 1. The van der Waals surface area contributed by atoms with E-state index < -0.39 is 15.8 Å². The van der Waals surface area contributed by atoms with Gasteiger partial charge in [0.15, 0.2) is 0 Å². The molecule has 104 valence electrons. The number of benzene rings is 1. The fourth-order valence-corrected chi connectivity index (χ4v) is 3.53. The van der Waals surface area contributed by atoms with Gasteiger partial charge in [0.05, 0.1) is 9.92 Å². The molecule has 5 nitrogen and oxygen atoms in total. The van der Waals surface area contributed by atoms with E-state index in [1.807, 2.05) is 0 Å². The third kappa shape index (κ3) is 2.88. The number of carbonyl (C=O) groups is 1. The normalized spacial score (nSPS) is 17.5. The molecule has 0 spiro atoms. The summed E-state index contributed by atoms with van der Waals surface area (Å²) in [6.07, 6.45) is 0.693. The van der Waals surface area contributed by atoms with Gasteiger partial charge in [-0.15, -0.1) is 0 Å². The summed E-state index contributed by atoms with van der Waals surface area (Å²) < 4.78 is 38.9. The largest absolute Gasteiger partial charge is 0.343 e. The zero-order valence-corrected chi connectivity index (χ0v) is 11.5. The van der Waals surface area contributed by atoms with Gasteiger partial charge in [-0.25, -0.2) is 12.8 Å². The molecule has 1 aliphatic heterocycles. The molecule has 0 atom stereocenters. The third-order valence-electron chi connectivity index (χ3n) is 2.95. The maximum atomic E-state index is 13.0. The van der Waals surface area contributed by atoms with Gasteiger partial charge in [0, 0.05) is 26.2 Å². The molecule has 0 saturated carbocycles. The Morgan fingerprint density at radius 3 is 2.37 bits per heavy atom. The molecule has 1 aromatic carbocycles. The quantitative estimate of drug-likeness (QED) is 0.781. The Morgan fingerprint density at radius 1 is 1.21 bits per heavy atom. The number of rotatable bonds is 3. The highest BCUT2D eigenvalue weighted by atomic mass is 35.5. The van der Waals surface area contributed by atoms with Gasteiger partial charge in [-0.3, -0.25) is 4.79 Å². The number of nitrogens with zero attached hydrogens (tertiary/aromatic N) is 2. The number of carbonyl (C=O) groups excluding carboxylic acids is 1. The summed E-state index contributed by atoms with van der Waals surface area (Å²) in [5, 5.41) is -0.229. The summed E-state index contributed by atoms with van der Waals surface area (Å²) in [5.74, 6) is -0.661. The zero-order valence-electron chi connectivity index (χ0n) is 9.92. The van der Waals surface area contributed by atoms with Gasteiger partial charge in [0.2, 0.25) is 16.4 Å². The van der Waals surface area contributed by atoms with Crippen molar-refractivity contribution in [3.8, 4) is 0 Å². The van der Waals surface area contributed by atoms with Crippen molar-refractivity contribution in [1.29, 1.82) is 0 Å². The second kappa shape index (κ2) is 5.44. The smallest absolute Gasteiger partial charge is 0.243 e. The SMILES string of the molecule is O=CN1CCN(S(=O)(=O)c2ccc(F)c(Cl)c2)CC1. The Hall–Kier alpha value is -1.18. The highest BCUT2D eigenvalue weighted by Crippen LogP contribution is 2.22. The van der Waals surface area contributed by atoms with Gasteiger partial charge in [-0.2, -0.15) is 4.31 Å². The van der Waals surface area contributed by atoms with Gasteiger partial charge in [-0.05, 0) is 18.2 Å². The summed E-state index contributed by atoms with van der Waals surface area (Å²) in [6.45, 7) is 1.13. The predicted octanol–water partition coefficient (Wildman–Crippen LogP) is 0.942. The van der Waals surface area contributed by atoms with Crippen molar-refractivity contribution in [2.24, 2.45) is 0 Å². The molecular formula is C11H12ClFN2O3S. The maximum Gasteiger partial charge on any atom is 0.243 e. The first-order valence-corrected chi connectivity index (χ1v) is 7.41. The van der Waals surface area contributed by atoms with Crippen LogP contribution in [-0.2, 0) is 14.8 Å². The van der Waals surface area contributed by atoms with Crippen molar-refractivity contribution >= 4 is 28.0 Å². The summed E-state index contributed by atoms with van der Waals surface area (Å²) in [7, 11) is -3.69. The topological polar surface area (TPSA) is 57.7 Å². The number of hydrogen-bond donors (Lipinski definition) is 0. The fourth-order valence-electron chi connectivity index (χ4n) is 1.84. The Bertz CT molecular complexity index is 586. The molecule has 0 aliphatic carbocycles. The summed E-state index contributed by atoms with van der Waals surface area (Å²) in [4.78, 5) is 12.0. The molecular weight excluding hydrogens is 295 g/mol. The van der Waals surface area contributed by atoms with Crippen LogP contribution in [0.4, 0.5) is 4.39 Å². The van der Waals surface area contributed by atoms with E-state index in [9.17, 15) is 17.6 Å². The summed E-state index contributed by atoms with van der Waals surface area (Å²) in [6, 6.07) is 3.30. The minimum Gasteiger partial charge on any atom is -0.343 e. The molecule has 19 heavy (non-hydrogen) atoms. The fraction of sp³-hybridized carbons (Fsp3) is 0.364. The number of piperazine rings is 1. The van der Waals surface area contributed by atoms with E-state index in [1.165, 1.54) is 15.3 Å². The van der Waals surface area contributed by atoms with Crippen LogP contribution >= 0.6 is 11.6 Å². The standard InChI is InChI=1S/C11H12ClFN2O3S/c12-10-7-9(1-2-11(10)13)19(17,18)15-5-3-14(8-16)4-6-15/h1-2,7-8H,3-6H2. The molecule has 1 fully saturated rings. The van der Waals surface area contributed by atoms with Crippen LogP contribution in [0.3, 0.4) is 0 Å². The highest BCUT2D eigenvalue weighted by molar-refractivity contribution is 7.89. The monoisotopic (exact) mass is 306 g/mol. The first-order valence-electron chi connectivity index (χ1n) is 5.59. The van der Waals surface area contributed by atoms with Crippen LogP contribution in [0.25, 0.3) is 0 Å². The van der Waals surface area contributed by atoms with Crippen LogP contribution in [0.2, 0.25) is 5.02 Å². The summed E-state index contributed by atoms with van der Waals surface area (Å²) in [5.41, 5.74) is 0. The predicted molar refractivity (Wildman–Crippen MR) is 67.8 cm³/mol. The molecule has 1 amide bonds. The van der Waals surface area contributed by atoms with Gasteiger partial charge >= 0.3 is 0 Å². The molecule has 8 heteroatoms. The van der Waals surface area contributed by atoms with E-state index in [0.717, 1.165) is 12.1 Å². The lowest BCUT2D eigenvalue weighted by Gasteiger charge is -2.31. The molecule has 1 heterocycles. The van der Waals surface area contributed by atoms with Crippen molar-refractivity contribution in [2.75, 3.05) is 26.2 Å². The first kappa shape index (κ1) is 14.2. The molecule has 1 aromatic rings. The molecule has 0 radical (unpaired) electrons. The third-order valence-corrected chi connectivity index (χ3v) is 5.14. The van der Waals surface area contributed by atoms with E-state index in [1.54, 1.807) is 0 Å². The minimum atomic E-state index is -3.69. The molecule has 0 aromatic heterocycles. The van der Waals surface area contributed by atoms with Gasteiger partial charge in [-0.1, -0.05) is 11.6 Å². The van der Waals surface area contributed by atoms with Gasteiger partial charge in [0.25, 0.3) is 0 Å². The molecule has 0 N–H and O–H groups in total. The van der Waals surface area contributed by atoms with E-state index in [2.05, 4.69) is 0 Å². The number of halogens is 2. The molecule has 1 aliphatic rings. The van der Waals surface area contributed by atoms with Crippen molar-refractivity contribution in [3.05, 3.63) is 29.0 Å². The van der Waals surface area contributed by atoms with Crippen molar-refractivity contribution < 1.29 is 17.6 Å². The van der Waals surface area contributed by atoms with Crippen LogP contribution in [0.5, 0.6) is 0 Å². The van der Waals surface area contributed by atoms with Crippen LogP contribution in [0, 0.1) is 5.82 Å². The van der Waals surface area contributed by atoms with Crippen LogP contribution in [0.1, 0.15) is 0 Å². The zero-order chi connectivity index (χ0) is 14.0. The van der Waals surface area contributed by atoms with Gasteiger partial charge in [0.1, 0.15) is 5.82 Å². The lowest BCUT2D eigenvalue weighted by molar-refractivity contribution is -0.119. The molecule has 2 rings (SSSR count). The lowest BCUT2D eigenvalue weighted by Crippen LogP contribution is -2.47. The minimum absolute atomic E-state index is 0.0431. The summed E-state index contributed by atoms with van der Waals surface area (Å²) >= 11 is 5.59. The van der Waals surface area contributed by atoms with Crippen LogP contribution < -0.4 is 0 Å². The van der Waals surface area contributed by atoms with E-state index in [-0.39, 0.29) is 23.0 Å². The highest BCUT2D eigenvalue weighted by Gasteiger charge is 2.28. The van der Waals surface area contributed by atoms with Crippen LogP contribution in [0.15, 0.2) is 23.1 Å². The van der Waals surface area contributed by atoms with Gasteiger partial charge < -0.3 is 4.90 Å². The van der Waals surface area contributed by atoms with Crippen LogP contribution in [-0.4, -0.2) is 50.2 Å². The maximum absolute atomic E-state index is 13.0. The van der Waals surface area contributed by atoms with Crippen molar-refractivity contribution in [1.82, 2.24) is 9.21 Å². The Balaban J connectivity index is 2.23. The molecule has 1 saturated heterocycles. The average Bonchev–Trinajstić information content (AvgIpc) is 2.41. The van der Waals surface area contributed by atoms with E-state index in [0.29, 0.717) is 19.5 Å². The van der Waals surface area contributed by atoms with Crippen molar-refractivity contribution in [2.45, 2.75) is 4.90 Å². The first-order chi connectivity index (χ1) is 8.95. The number of amides is 1.